The quantitative estimate of drug-likeness (QED) is 0.610. The third-order valence-electron chi connectivity index (χ3n) is 6.07. The predicted molar refractivity (Wildman–Crippen MR) is 121 cm³/mol. The van der Waals surface area contributed by atoms with Gasteiger partial charge < -0.3 is 15.6 Å². The Morgan fingerprint density at radius 1 is 1.10 bits per heavy atom. The Balaban J connectivity index is 1.46. The minimum absolute atomic E-state index is 0.371. The molecule has 1 heterocycles. The Kier molecular flexibility index (Phi) is 6.07. The molecule has 0 bridgehead atoms. The molecule has 5 nitrogen and oxygen atoms in total. The lowest BCUT2D eigenvalue weighted by atomic mass is 9.97. The Morgan fingerprint density at radius 2 is 1.87 bits per heavy atom. The number of hydrogen-bond acceptors (Lipinski definition) is 4. The van der Waals surface area contributed by atoms with Crippen molar-refractivity contribution in [1.29, 1.82) is 0 Å². The molecule has 5 heteroatoms. The molecular formula is C26H28N2O3. The monoisotopic (exact) mass is 416 g/mol. The minimum atomic E-state index is -1.56. The van der Waals surface area contributed by atoms with Crippen molar-refractivity contribution in [3.63, 3.8) is 0 Å². The van der Waals surface area contributed by atoms with Crippen LogP contribution in [0.1, 0.15) is 29.5 Å². The summed E-state index contributed by atoms with van der Waals surface area (Å²) in [6, 6.07) is 24.4. The van der Waals surface area contributed by atoms with E-state index >= 15 is 0 Å². The van der Waals surface area contributed by atoms with Gasteiger partial charge in [0.2, 0.25) is 0 Å². The predicted octanol–water partition coefficient (Wildman–Crippen LogP) is 4.01. The van der Waals surface area contributed by atoms with Gasteiger partial charge in [-0.3, -0.25) is 9.69 Å². The molecule has 31 heavy (non-hydrogen) atoms. The molecule has 1 atom stereocenters. The van der Waals surface area contributed by atoms with Gasteiger partial charge in [0.1, 0.15) is 12.4 Å². The maximum atomic E-state index is 11.7. The second-order valence-corrected chi connectivity index (χ2v) is 8.10. The van der Waals surface area contributed by atoms with Crippen LogP contribution in [-0.4, -0.2) is 28.2 Å². The van der Waals surface area contributed by atoms with Crippen LogP contribution in [0.15, 0.2) is 72.8 Å². The van der Waals surface area contributed by atoms with Gasteiger partial charge in [-0.25, -0.2) is 0 Å². The molecule has 1 aliphatic heterocycles. The molecular weight excluding hydrogens is 388 g/mol. The van der Waals surface area contributed by atoms with Gasteiger partial charge in [-0.1, -0.05) is 60.7 Å². The molecule has 1 unspecified atom stereocenters. The largest absolute Gasteiger partial charge is 0.489 e. The van der Waals surface area contributed by atoms with Crippen LogP contribution in [-0.2, 0) is 17.9 Å². The Bertz CT molecular complexity index is 1070. The molecule has 3 N–H and O–H groups in total. The molecule has 1 amide bonds. The first-order chi connectivity index (χ1) is 15.0. The number of aliphatic hydroxyl groups is 1. The minimum Gasteiger partial charge on any atom is -0.489 e. The second kappa shape index (κ2) is 8.92. The summed E-state index contributed by atoms with van der Waals surface area (Å²) in [4.78, 5) is 13.5. The molecule has 0 saturated carbocycles. The normalized spacial score (nSPS) is 18.8. The van der Waals surface area contributed by atoms with Crippen LogP contribution < -0.4 is 10.5 Å². The number of nitrogens with zero attached hydrogens (tertiary/aromatic N) is 1. The third kappa shape index (κ3) is 4.48. The van der Waals surface area contributed by atoms with Crippen LogP contribution in [0.2, 0.25) is 0 Å². The number of rotatable bonds is 7. The van der Waals surface area contributed by atoms with Crippen molar-refractivity contribution in [2.45, 2.75) is 38.6 Å². The highest BCUT2D eigenvalue weighted by Crippen LogP contribution is 2.30. The summed E-state index contributed by atoms with van der Waals surface area (Å²) in [6.45, 7) is 3.66. The first kappa shape index (κ1) is 21.1. The summed E-state index contributed by atoms with van der Waals surface area (Å²) in [5.41, 5.74) is 9.56. The Labute approximate surface area is 183 Å². The molecule has 0 aliphatic carbocycles. The van der Waals surface area contributed by atoms with Crippen LogP contribution in [0.4, 0.5) is 0 Å². The fourth-order valence-corrected chi connectivity index (χ4v) is 4.23. The van der Waals surface area contributed by atoms with Crippen molar-refractivity contribution in [1.82, 2.24) is 4.90 Å². The highest BCUT2D eigenvalue weighted by molar-refractivity contribution is 5.83. The van der Waals surface area contributed by atoms with E-state index in [0.717, 1.165) is 23.3 Å². The number of hydrogen-bond donors (Lipinski definition) is 2. The van der Waals surface area contributed by atoms with Gasteiger partial charge in [-0.2, -0.15) is 0 Å². The van der Waals surface area contributed by atoms with Crippen molar-refractivity contribution in [2.24, 2.45) is 5.73 Å². The van der Waals surface area contributed by atoms with Crippen LogP contribution in [0.3, 0.4) is 0 Å². The SMILES string of the molecule is Cc1c(COc2cccc(CN3CCCC3(O)C(N)=O)c2)cccc1-c1ccccc1. The molecule has 0 aromatic heterocycles. The van der Waals surface area contributed by atoms with E-state index in [-0.39, 0.29) is 0 Å². The van der Waals surface area contributed by atoms with Crippen molar-refractivity contribution < 1.29 is 14.6 Å². The molecule has 1 aliphatic rings. The van der Waals surface area contributed by atoms with E-state index in [1.807, 2.05) is 42.5 Å². The standard InChI is InChI=1S/C26H28N2O3/c1-19-22(11-6-13-24(19)21-9-3-2-4-10-21)18-31-23-12-5-8-20(16-23)17-28-15-7-14-26(28,30)25(27)29/h2-6,8-13,16,30H,7,14-15,17-18H2,1H3,(H2,27,29). The smallest absolute Gasteiger partial charge is 0.264 e. The lowest BCUT2D eigenvalue weighted by molar-refractivity contribution is -0.154. The van der Waals surface area contributed by atoms with E-state index in [1.54, 1.807) is 4.90 Å². The van der Waals surface area contributed by atoms with Gasteiger partial charge in [-0.15, -0.1) is 0 Å². The number of nitrogens with two attached hydrogens (primary N) is 1. The number of benzene rings is 3. The fourth-order valence-electron chi connectivity index (χ4n) is 4.23. The number of amides is 1. The van der Waals surface area contributed by atoms with E-state index in [4.69, 9.17) is 10.5 Å². The van der Waals surface area contributed by atoms with Gasteiger partial charge in [0.05, 0.1) is 0 Å². The number of ether oxygens (including phenoxy) is 1. The van der Waals surface area contributed by atoms with Gasteiger partial charge in [0, 0.05) is 19.5 Å². The van der Waals surface area contributed by atoms with Crippen molar-refractivity contribution in [3.05, 3.63) is 89.5 Å². The lowest BCUT2D eigenvalue weighted by Gasteiger charge is -2.30. The number of likely N-dealkylation sites (tertiary alicyclic amines) is 1. The summed E-state index contributed by atoms with van der Waals surface area (Å²) in [7, 11) is 0. The van der Waals surface area contributed by atoms with Gasteiger partial charge in [-0.05, 0) is 53.3 Å². The number of carbonyl (C=O) groups is 1. The molecule has 0 spiro atoms. The first-order valence-corrected chi connectivity index (χ1v) is 10.6. The van der Waals surface area contributed by atoms with Gasteiger partial charge >= 0.3 is 0 Å². The van der Waals surface area contributed by atoms with E-state index in [2.05, 4.69) is 37.3 Å². The van der Waals surface area contributed by atoms with Crippen molar-refractivity contribution in [2.75, 3.05) is 6.54 Å². The molecule has 1 fully saturated rings. The second-order valence-electron chi connectivity index (χ2n) is 8.10. The van der Waals surface area contributed by atoms with Crippen LogP contribution in [0, 0.1) is 6.92 Å². The average molecular weight is 417 g/mol. The summed E-state index contributed by atoms with van der Waals surface area (Å²) < 4.78 is 6.10. The maximum Gasteiger partial charge on any atom is 0.264 e. The van der Waals surface area contributed by atoms with Crippen LogP contribution >= 0.6 is 0 Å². The topological polar surface area (TPSA) is 75.8 Å². The molecule has 3 aromatic carbocycles. The Hall–Kier alpha value is -3.15. The summed E-state index contributed by atoms with van der Waals surface area (Å²) >= 11 is 0. The van der Waals surface area contributed by atoms with Crippen molar-refractivity contribution >= 4 is 5.91 Å². The van der Waals surface area contributed by atoms with E-state index in [9.17, 15) is 9.90 Å². The summed E-state index contributed by atoms with van der Waals surface area (Å²) in [5, 5.41) is 10.6. The zero-order valence-electron chi connectivity index (χ0n) is 17.8. The summed E-state index contributed by atoms with van der Waals surface area (Å²) in [5.74, 6) is 0.0648. The molecule has 1 saturated heterocycles. The lowest BCUT2D eigenvalue weighted by Crippen LogP contribution is -2.53. The molecule has 0 radical (unpaired) electrons. The zero-order valence-corrected chi connectivity index (χ0v) is 17.8. The van der Waals surface area contributed by atoms with E-state index in [0.29, 0.717) is 26.1 Å². The maximum absolute atomic E-state index is 11.7. The molecule has 3 aromatic rings. The number of carbonyl (C=O) groups excluding carboxylic acids is 1. The van der Waals surface area contributed by atoms with Crippen LogP contribution in [0.5, 0.6) is 5.75 Å². The fraction of sp³-hybridized carbons (Fsp3) is 0.269. The Morgan fingerprint density at radius 3 is 2.65 bits per heavy atom. The first-order valence-electron chi connectivity index (χ1n) is 10.6. The average Bonchev–Trinajstić information content (AvgIpc) is 3.15. The molecule has 4 rings (SSSR count). The number of primary amides is 1. The van der Waals surface area contributed by atoms with E-state index in [1.165, 1.54) is 16.7 Å². The third-order valence-corrected chi connectivity index (χ3v) is 6.07. The molecule has 160 valence electrons. The highest BCUT2D eigenvalue weighted by atomic mass is 16.5. The zero-order chi connectivity index (χ0) is 21.8. The van der Waals surface area contributed by atoms with E-state index < -0.39 is 11.6 Å². The van der Waals surface area contributed by atoms with Crippen LogP contribution in [0.25, 0.3) is 11.1 Å². The van der Waals surface area contributed by atoms with Crippen molar-refractivity contribution in [3.8, 4) is 16.9 Å². The highest BCUT2D eigenvalue weighted by Gasteiger charge is 2.44. The van der Waals surface area contributed by atoms with Gasteiger partial charge in [0.15, 0.2) is 5.72 Å². The van der Waals surface area contributed by atoms with Gasteiger partial charge in [0.25, 0.3) is 5.91 Å². The summed E-state index contributed by atoms with van der Waals surface area (Å²) in [6.07, 6.45) is 1.11.